The Balaban J connectivity index is 2.35. The molecule has 1 N–H and O–H groups in total. The Kier molecular flexibility index (Phi) is 3.89. The third-order valence-electron chi connectivity index (χ3n) is 3.37. The van der Waals surface area contributed by atoms with E-state index in [1.165, 1.54) is 19.6 Å². The fraction of sp³-hybridized carbons (Fsp3) is 0.538. The van der Waals surface area contributed by atoms with Crippen LogP contribution in [0.2, 0.25) is 5.02 Å². The minimum Gasteiger partial charge on any atom is -0.493 e. The molecule has 1 fully saturated rings. The van der Waals surface area contributed by atoms with Gasteiger partial charge >= 0.3 is 0 Å². The van der Waals surface area contributed by atoms with Gasteiger partial charge in [0.15, 0.2) is 11.6 Å². The summed E-state index contributed by atoms with van der Waals surface area (Å²) in [5, 5.41) is 3.87. The van der Waals surface area contributed by atoms with Crippen LogP contribution in [-0.4, -0.2) is 19.7 Å². The second-order valence-electron chi connectivity index (χ2n) is 4.47. The molecule has 0 aliphatic carbocycles. The Hall–Kier alpha value is -0.800. The third kappa shape index (κ3) is 2.55. The maximum atomic E-state index is 13.7. The molecule has 1 heterocycles. The molecular formula is C13H17ClFNO. The lowest BCUT2D eigenvalue weighted by Crippen LogP contribution is -2.24. The summed E-state index contributed by atoms with van der Waals surface area (Å²) in [7, 11) is 1.50. The van der Waals surface area contributed by atoms with E-state index in [0.29, 0.717) is 16.8 Å². The van der Waals surface area contributed by atoms with Crippen molar-refractivity contribution in [3.8, 4) is 5.75 Å². The maximum absolute atomic E-state index is 13.7. The molecule has 0 amide bonds. The Morgan fingerprint density at radius 2 is 2.35 bits per heavy atom. The lowest BCUT2D eigenvalue weighted by molar-refractivity contribution is 0.378. The average Bonchev–Trinajstić information content (AvgIpc) is 2.78. The lowest BCUT2D eigenvalue weighted by Gasteiger charge is -2.17. The Labute approximate surface area is 106 Å². The Bertz CT molecular complexity index is 416. The lowest BCUT2D eigenvalue weighted by atomic mass is 9.98. The van der Waals surface area contributed by atoms with E-state index in [9.17, 15) is 4.39 Å². The van der Waals surface area contributed by atoms with Crippen LogP contribution in [0.5, 0.6) is 5.75 Å². The minimum atomic E-state index is -0.379. The van der Waals surface area contributed by atoms with Gasteiger partial charge in [-0.05, 0) is 44.4 Å². The highest BCUT2D eigenvalue weighted by atomic mass is 35.5. The summed E-state index contributed by atoms with van der Waals surface area (Å²) < 4.78 is 18.9. The monoisotopic (exact) mass is 257 g/mol. The van der Waals surface area contributed by atoms with E-state index in [0.717, 1.165) is 30.5 Å². The van der Waals surface area contributed by atoms with Gasteiger partial charge in [-0.2, -0.15) is 0 Å². The molecule has 1 aromatic rings. The number of hydrogen-bond acceptors (Lipinski definition) is 2. The first kappa shape index (κ1) is 12.7. The van der Waals surface area contributed by atoms with Gasteiger partial charge in [-0.1, -0.05) is 11.6 Å². The summed E-state index contributed by atoms with van der Waals surface area (Å²) in [6, 6.07) is 1.72. The molecule has 1 unspecified atom stereocenters. The normalized spacial score (nSPS) is 19.6. The summed E-state index contributed by atoms with van der Waals surface area (Å²) >= 11 is 6.02. The molecule has 94 valence electrons. The van der Waals surface area contributed by atoms with Crippen LogP contribution in [0.4, 0.5) is 4.39 Å². The molecule has 2 rings (SSSR count). The van der Waals surface area contributed by atoms with Crippen LogP contribution in [0.1, 0.15) is 24.0 Å². The van der Waals surface area contributed by atoms with Crippen molar-refractivity contribution < 1.29 is 9.13 Å². The van der Waals surface area contributed by atoms with E-state index in [4.69, 9.17) is 16.3 Å². The molecule has 1 aliphatic rings. The molecule has 2 nitrogen and oxygen atoms in total. The van der Waals surface area contributed by atoms with Gasteiger partial charge in [-0.3, -0.25) is 0 Å². The first-order valence-electron chi connectivity index (χ1n) is 5.88. The SMILES string of the molecule is COc1c(F)cc(Cl)c(C)c1CC1CCCN1. The fourth-order valence-electron chi connectivity index (χ4n) is 2.39. The van der Waals surface area contributed by atoms with E-state index >= 15 is 0 Å². The summed E-state index contributed by atoms with van der Waals surface area (Å²) in [5.74, 6) is -0.0447. The molecule has 1 atom stereocenters. The number of hydrogen-bond donors (Lipinski definition) is 1. The fourth-order valence-corrected chi connectivity index (χ4v) is 2.60. The number of nitrogens with one attached hydrogen (secondary N) is 1. The van der Waals surface area contributed by atoms with Gasteiger partial charge in [0.1, 0.15) is 0 Å². The number of ether oxygens (including phenoxy) is 1. The number of halogens is 2. The van der Waals surface area contributed by atoms with Crippen molar-refractivity contribution in [3.63, 3.8) is 0 Å². The second-order valence-corrected chi connectivity index (χ2v) is 4.88. The molecule has 0 saturated carbocycles. The zero-order valence-corrected chi connectivity index (χ0v) is 10.9. The molecule has 1 saturated heterocycles. The van der Waals surface area contributed by atoms with Crippen LogP contribution >= 0.6 is 11.6 Å². The van der Waals surface area contributed by atoms with Crippen molar-refractivity contribution >= 4 is 11.6 Å². The highest BCUT2D eigenvalue weighted by Crippen LogP contribution is 2.33. The van der Waals surface area contributed by atoms with E-state index in [2.05, 4.69) is 5.32 Å². The molecule has 4 heteroatoms. The average molecular weight is 258 g/mol. The van der Waals surface area contributed by atoms with Crippen molar-refractivity contribution in [2.75, 3.05) is 13.7 Å². The van der Waals surface area contributed by atoms with Gasteiger partial charge < -0.3 is 10.1 Å². The van der Waals surface area contributed by atoms with Gasteiger partial charge in [-0.25, -0.2) is 4.39 Å². The van der Waals surface area contributed by atoms with Crippen LogP contribution in [0.25, 0.3) is 0 Å². The number of benzene rings is 1. The van der Waals surface area contributed by atoms with Crippen LogP contribution in [0, 0.1) is 12.7 Å². The van der Waals surface area contributed by atoms with Crippen LogP contribution in [-0.2, 0) is 6.42 Å². The first-order valence-corrected chi connectivity index (χ1v) is 6.26. The van der Waals surface area contributed by atoms with E-state index < -0.39 is 0 Å². The molecule has 0 radical (unpaired) electrons. The summed E-state index contributed by atoms with van der Waals surface area (Å²) in [5.41, 5.74) is 1.80. The summed E-state index contributed by atoms with van der Waals surface area (Å²) in [4.78, 5) is 0. The third-order valence-corrected chi connectivity index (χ3v) is 3.76. The highest BCUT2D eigenvalue weighted by Gasteiger charge is 2.21. The second kappa shape index (κ2) is 5.23. The van der Waals surface area contributed by atoms with Crippen molar-refractivity contribution in [1.82, 2.24) is 5.32 Å². The molecule has 0 aromatic heterocycles. The largest absolute Gasteiger partial charge is 0.493 e. The van der Waals surface area contributed by atoms with Gasteiger partial charge in [0.25, 0.3) is 0 Å². The van der Waals surface area contributed by atoms with Crippen molar-refractivity contribution in [2.45, 2.75) is 32.2 Å². The van der Waals surface area contributed by atoms with Gasteiger partial charge in [0.2, 0.25) is 0 Å². The Morgan fingerprint density at radius 3 is 2.94 bits per heavy atom. The van der Waals surface area contributed by atoms with E-state index in [1.54, 1.807) is 0 Å². The first-order chi connectivity index (χ1) is 8.13. The molecule has 0 bridgehead atoms. The summed E-state index contributed by atoms with van der Waals surface area (Å²) in [6.45, 7) is 2.95. The molecule has 1 aliphatic heterocycles. The van der Waals surface area contributed by atoms with Gasteiger partial charge in [-0.15, -0.1) is 0 Å². The van der Waals surface area contributed by atoms with Gasteiger partial charge in [0.05, 0.1) is 7.11 Å². The maximum Gasteiger partial charge on any atom is 0.166 e. The van der Waals surface area contributed by atoms with Crippen molar-refractivity contribution in [2.24, 2.45) is 0 Å². The van der Waals surface area contributed by atoms with Crippen molar-refractivity contribution in [1.29, 1.82) is 0 Å². The van der Waals surface area contributed by atoms with E-state index in [1.807, 2.05) is 6.92 Å². The van der Waals surface area contributed by atoms with Gasteiger partial charge in [0, 0.05) is 16.6 Å². The van der Waals surface area contributed by atoms with Crippen LogP contribution in [0.15, 0.2) is 6.07 Å². The predicted octanol–water partition coefficient (Wildman–Crippen LogP) is 3.09. The van der Waals surface area contributed by atoms with Crippen LogP contribution < -0.4 is 10.1 Å². The molecule has 1 aromatic carbocycles. The highest BCUT2D eigenvalue weighted by molar-refractivity contribution is 6.31. The van der Waals surface area contributed by atoms with Crippen molar-refractivity contribution in [3.05, 3.63) is 28.0 Å². The molecule has 0 spiro atoms. The topological polar surface area (TPSA) is 21.3 Å². The van der Waals surface area contributed by atoms with Crippen LogP contribution in [0.3, 0.4) is 0 Å². The quantitative estimate of drug-likeness (QED) is 0.899. The molecular weight excluding hydrogens is 241 g/mol. The zero-order valence-electron chi connectivity index (χ0n) is 10.1. The smallest absolute Gasteiger partial charge is 0.166 e. The minimum absolute atomic E-state index is 0.334. The summed E-state index contributed by atoms with van der Waals surface area (Å²) in [6.07, 6.45) is 3.07. The Morgan fingerprint density at radius 1 is 1.59 bits per heavy atom. The van der Waals surface area contributed by atoms with E-state index in [-0.39, 0.29) is 5.82 Å². The predicted molar refractivity (Wildman–Crippen MR) is 67.4 cm³/mol. The standard InChI is InChI=1S/C13H17ClFNO/c1-8-10(6-9-4-3-5-16-9)13(17-2)12(15)7-11(8)14/h7,9,16H,3-6H2,1-2H3. The number of methoxy groups -OCH3 is 1. The zero-order chi connectivity index (χ0) is 12.4. The molecule has 17 heavy (non-hydrogen) atoms. The number of rotatable bonds is 3.